The summed E-state index contributed by atoms with van der Waals surface area (Å²) in [5.74, 6) is 0.980. The lowest BCUT2D eigenvalue weighted by atomic mass is 10.1. The highest BCUT2D eigenvalue weighted by atomic mass is 79.9. The topological polar surface area (TPSA) is 13.1 Å². The normalized spacial score (nSPS) is 12.7. The molecule has 1 aromatic heterocycles. The average molecular weight is 350 g/mol. The Kier molecular flexibility index (Phi) is 4.13. The van der Waals surface area contributed by atoms with Gasteiger partial charge in [-0.25, -0.2) is 0 Å². The molecule has 1 atom stereocenters. The van der Waals surface area contributed by atoms with Gasteiger partial charge in [-0.2, -0.15) is 0 Å². The van der Waals surface area contributed by atoms with Gasteiger partial charge in [0.1, 0.15) is 5.76 Å². The van der Waals surface area contributed by atoms with Crippen molar-refractivity contribution in [2.45, 2.75) is 17.7 Å². The van der Waals surface area contributed by atoms with E-state index >= 15 is 0 Å². The molecule has 3 heteroatoms. The summed E-state index contributed by atoms with van der Waals surface area (Å²) >= 11 is 9.86. The molecule has 0 aliphatic heterocycles. The second-order valence-electron chi connectivity index (χ2n) is 4.79. The van der Waals surface area contributed by atoms with Crippen LogP contribution in [0.2, 0.25) is 5.02 Å². The van der Waals surface area contributed by atoms with E-state index in [4.69, 9.17) is 16.0 Å². The van der Waals surface area contributed by atoms with E-state index in [0.29, 0.717) is 9.85 Å². The maximum absolute atomic E-state index is 6.13. The monoisotopic (exact) mass is 348 g/mol. The van der Waals surface area contributed by atoms with Gasteiger partial charge >= 0.3 is 0 Å². The molecule has 0 aliphatic rings. The van der Waals surface area contributed by atoms with E-state index in [1.165, 1.54) is 5.56 Å². The number of hydrogen-bond donors (Lipinski definition) is 0. The third-order valence-corrected chi connectivity index (χ3v) is 4.64. The molecule has 1 nitrogen and oxygen atoms in total. The summed E-state index contributed by atoms with van der Waals surface area (Å²) < 4.78 is 5.83. The molecule has 1 unspecified atom stereocenters. The molecule has 0 saturated carbocycles. The number of fused-ring (bicyclic) bond motifs is 1. The van der Waals surface area contributed by atoms with E-state index in [0.717, 1.165) is 29.6 Å². The largest absolute Gasteiger partial charge is 0.460 e. The predicted octanol–water partition coefficient (Wildman–Crippen LogP) is 6.16. The fourth-order valence-electron chi connectivity index (χ4n) is 2.30. The molecule has 0 radical (unpaired) electrons. The van der Waals surface area contributed by atoms with Crippen LogP contribution in [-0.4, -0.2) is 0 Å². The van der Waals surface area contributed by atoms with E-state index in [2.05, 4.69) is 46.3 Å². The molecule has 0 bridgehead atoms. The zero-order valence-electron chi connectivity index (χ0n) is 10.9. The third-order valence-electron chi connectivity index (χ3n) is 3.35. The maximum atomic E-state index is 6.13. The van der Waals surface area contributed by atoms with Crippen LogP contribution in [-0.2, 0) is 6.42 Å². The highest BCUT2D eigenvalue weighted by Gasteiger charge is 2.11. The van der Waals surface area contributed by atoms with Gasteiger partial charge in [0.05, 0.1) is 5.02 Å². The van der Waals surface area contributed by atoms with Crippen LogP contribution in [0.3, 0.4) is 0 Å². The first kappa shape index (κ1) is 13.7. The van der Waals surface area contributed by atoms with Crippen LogP contribution in [0.15, 0.2) is 59.0 Å². The fraction of sp³-hybridized carbons (Fsp3) is 0.176. The van der Waals surface area contributed by atoms with Crippen molar-refractivity contribution in [3.63, 3.8) is 0 Å². The van der Waals surface area contributed by atoms with E-state index in [1.807, 2.05) is 24.3 Å². The summed E-state index contributed by atoms with van der Waals surface area (Å²) in [6.45, 7) is 0. The van der Waals surface area contributed by atoms with Crippen molar-refractivity contribution < 1.29 is 4.42 Å². The van der Waals surface area contributed by atoms with Gasteiger partial charge in [-0.15, -0.1) is 0 Å². The Morgan fingerprint density at radius 3 is 2.60 bits per heavy atom. The number of hydrogen-bond acceptors (Lipinski definition) is 1. The molecule has 3 aromatic rings. The number of benzene rings is 2. The number of furan rings is 1. The van der Waals surface area contributed by atoms with Crippen molar-refractivity contribution in [1.29, 1.82) is 0 Å². The minimum absolute atomic E-state index is 0.340. The van der Waals surface area contributed by atoms with Crippen molar-refractivity contribution in [3.8, 4) is 0 Å². The summed E-state index contributed by atoms with van der Waals surface area (Å²) in [6.07, 6.45) is 1.87. The first-order valence-corrected chi connectivity index (χ1v) is 7.89. The second kappa shape index (κ2) is 6.02. The molecule has 20 heavy (non-hydrogen) atoms. The van der Waals surface area contributed by atoms with Crippen LogP contribution in [0.1, 0.15) is 22.6 Å². The number of alkyl halides is 1. The molecule has 0 amide bonds. The van der Waals surface area contributed by atoms with Crippen LogP contribution in [0.5, 0.6) is 0 Å². The SMILES string of the molecule is Clc1cccc2cc(CCC(Br)c3ccccc3)oc12. The first-order chi connectivity index (χ1) is 9.74. The molecule has 0 fully saturated rings. The van der Waals surface area contributed by atoms with Gasteiger partial charge in [0.2, 0.25) is 0 Å². The van der Waals surface area contributed by atoms with Crippen LogP contribution < -0.4 is 0 Å². The lowest BCUT2D eigenvalue weighted by Gasteiger charge is -2.08. The zero-order valence-corrected chi connectivity index (χ0v) is 13.2. The van der Waals surface area contributed by atoms with Gasteiger partial charge < -0.3 is 4.42 Å². The van der Waals surface area contributed by atoms with Gasteiger partial charge in [-0.1, -0.05) is 70.0 Å². The summed E-state index contributed by atoms with van der Waals surface area (Å²) in [5, 5.41) is 1.74. The summed E-state index contributed by atoms with van der Waals surface area (Å²) in [5.41, 5.74) is 2.08. The van der Waals surface area contributed by atoms with Crippen molar-refractivity contribution in [3.05, 3.63) is 70.9 Å². The van der Waals surface area contributed by atoms with Crippen LogP contribution in [0.4, 0.5) is 0 Å². The molecule has 0 saturated heterocycles. The van der Waals surface area contributed by atoms with E-state index in [-0.39, 0.29) is 0 Å². The molecular formula is C17H14BrClO. The summed E-state index contributed by atoms with van der Waals surface area (Å²) in [6, 6.07) is 18.3. The van der Waals surface area contributed by atoms with Crippen molar-refractivity contribution in [2.75, 3.05) is 0 Å². The van der Waals surface area contributed by atoms with E-state index in [9.17, 15) is 0 Å². The van der Waals surface area contributed by atoms with Gasteiger partial charge in [0.15, 0.2) is 5.58 Å². The highest BCUT2D eigenvalue weighted by molar-refractivity contribution is 9.09. The number of halogens is 2. The standard InChI is InChI=1S/C17H14BrClO/c18-15(12-5-2-1-3-6-12)10-9-14-11-13-7-4-8-16(19)17(13)20-14/h1-8,11,15H,9-10H2. The smallest absolute Gasteiger partial charge is 0.152 e. The molecule has 3 rings (SSSR count). The van der Waals surface area contributed by atoms with Crippen molar-refractivity contribution in [1.82, 2.24) is 0 Å². The third kappa shape index (κ3) is 2.92. The molecule has 1 heterocycles. The Balaban J connectivity index is 1.72. The Hall–Kier alpha value is -1.25. The minimum Gasteiger partial charge on any atom is -0.460 e. The van der Waals surface area contributed by atoms with E-state index < -0.39 is 0 Å². The fourth-order valence-corrected chi connectivity index (χ4v) is 3.06. The molecule has 0 N–H and O–H groups in total. The predicted molar refractivity (Wildman–Crippen MR) is 87.7 cm³/mol. The number of aryl methyl sites for hydroxylation is 1. The summed E-state index contributed by atoms with van der Waals surface area (Å²) in [4.78, 5) is 0.340. The average Bonchev–Trinajstić information content (AvgIpc) is 2.90. The molecule has 2 aromatic carbocycles. The quantitative estimate of drug-likeness (QED) is 0.514. The van der Waals surface area contributed by atoms with Crippen LogP contribution in [0, 0.1) is 0 Å². The first-order valence-electron chi connectivity index (χ1n) is 6.60. The van der Waals surface area contributed by atoms with Gasteiger partial charge in [-0.05, 0) is 24.1 Å². The van der Waals surface area contributed by atoms with Gasteiger partial charge in [0.25, 0.3) is 0 Å². The van der Waals surface area contributed by atoms with E-state index in [1.54, 1.807) is 0 Å². The Labute approximate surface area is 131 Å². The Morgan fingerprint density at radius 1 is 1.05 bits per heavy atom. The van der Waals surface area contributed by atoms with Gasteiger partial charge in [-0.3, -0.25) is 0 Å². The molecule has 0 aliphatic carbocycles. The Bertz CT molecular complexity index is 705. The van der Waals surface area contributed by atoms with Gasteiger partial charge in [0, 0.05) is 16.6 Å². The minimum atomic E-state index is 0.340. The molecular weight excluding hydrogens is 336 g/mol. The summed E-state index contributed by atoms with van der Waals surface area (Å²) in [7, 11) is 0. The lowest BCUT2D eigenvalue weighted by molar-refractivity contribution is 0.538. The molecule has 0 spiro atoms. The van der Waals surface area contributed by atoms with Crippen LogP contribution in [0.25, 0.3) is 11.0 Å². The zero-order chi connectivity index (χ0) is 13.9. The Morgan fingerprint density at radius 2 is 1.85 bits per heavy atom. The van der Waals surface area contributed by atoms with Crippen molar-refractivity contribution >= 4 is 38.5 Å². The lowest BCUT2D eigenvalue weighted by Crippen LogP contribution is -1.92. The number of para-hydroxylation sites is 1. The second-order valence-corrected chi connectivity index (χ2v) is 6.30. The maximum Gasteiger partial charge on any atom is 0.152 e. The van der Waals surface area contributed by atoms with Crippen LogP contribution >= 0.6 is 27.5 Å². The highest BCUT2D eigenvalue weighted by Crippen LogP contribution is 2.31. The molecule has 102 valence electrons. The number of rotatable bonds is 4. The van der Waals surface area contributed by atoms with Crippen molar-refractivity contribution in [2.24, 2.45) is 0 Å².